The lowest BCUT2D eigenvalue weighted by Crippen LogP contribution is -2.21. The number of halogens is 1. The Balaban J connectivity index is 2.37. The molecule has 1 aromatic rings. The summed E-state index contributed by atoms with van der Waals surface area (Å²) >= 11 is 4.80. The summed E-state index contributed by atoms with van der Waals surface area (Å²) < 4.78 is 13.3. The second-order valence-electron chi connectivity index (χ2n) is 3.90. The van der Waals surface area contributed by atoms with Gasteiger partial charge in [0.2, 0.25) is 0 Å². The van der Waals surface area contributed by atoms with Crippen LogP contribution < -0.4 is 5.73 Å². The van der Waals surface area contributed by atoms with Crippen LogP contribution in [0.25, 0.3) is 0 Å². The molecular formula is C12H17FN2S. The maximum absolute atomic E-state index is 13.3. The van der Waals surface area contributed by atoms with Crippen LogP contribution in [-0.2, 0) is 6.54 Å². The molecule has 0 heterocycles. The zero-order valence-electron chi connectivity index (χ0n) is 9.45. The molecule has 0 unspecified atom stereocenters. The van der Waals surface area contributed by atoms with Gasteiger partial charge in [-0.25, -0.2) is 4.39 Å². The highest BCUT2D eigenvalue weighted by Crippen LogP contribution is 2.09. The van der Waals surface area contributed by atoms with Crippen molar-refractivity contribution in [3.8, 4) is 0 Å². The monoisotopic (exact) mass is 240 g/mol. The molecule has 1 rings (SSSR count). The third-order valence-corrected chi connectivity index (χ3v) is 2.57. The van der Waals surface area contributed by atoms with E-state index >= 15 is 0 Å². The van der Waals surface area contributed by atoms with E-state index in [-0.39, 0.29) is 5.82 Å². The average molecular weight is 240 g/mol. The van der Waals surface area contributed by atoms with Crippen molar-refractivity contribution in [2.24, 2.45) is 5.73 Å². The first-order chi connectivity index (χ1) is 7.59. The molecule has 16 heavy (non-hydrogen) atoms. The topological polar surface area (TPSA) is 29.3 Å². The number of nitrogens with two attached hydrogens (primary N) is 1. The normalized spacial score (nSPS) is 10.7. The first-order valence-corrected chi connectivity index (χ1v) is 5.70. The second-order valence-corrected chi connectivity index (χ2v) is 4.42. The van der Waals surface area contributed by atoms with Crippen molar-refractivity contribution in [3.63, 3.8) is 0 Å². The highest BCUT2D eigenvalue weighted by Gasteiger charge is 2.04. The minimum absolute atomic E-state index is 0.149. The van der Waals surface area contributed by atoms with Crippen LogP contribution in [0.5, 0.6) is 0 Å². The quantitative estimate of drug-likeness (QED) is 0.774. The first-order valence-electron chi connectivity index (χ1n) is 5.30. The van der Waals surface area contributed by atoms with Crippen LogP contribution >= 0.6 is 12.2 Å². The van der Waals surface area contributed by atoms with E-state index in [9.17, 15) is 4.39 Å². The standard InChI is InChI=1S/C12H17FN2S/c1-15(8-4-7-12(14)16)9-10-5-2-3-6-11(10)13/h2-3,5-6H,4,7-9H2,1H3,(H2,14,16). The summed E-state index contributed by atoms with van der Waals surface area (Å²) in [5, 5.41) is 0. The number of nitrogens with zero attached hydrogens (tertiary/aromatic N) is 1. The summed E-state index contributed by atoms with van der Waals surface area (Å²) in [4.78, 5) is 2.61. The largest absolute Gasteiger partial charge is 0.393 e. The number of hydrogen-bond acceptors (Lipinski definition) is 2. The highest BCUT2D eigenvalue weighted by atomic mass is 32.1. The summed E-state index contributed by atoms with van der Waals surface area (Å²) in [6.07, 6.45) is 1.66. The van der Waals surface area contributed by atoms with Crippen LogP contribution in [0.15, 0.2) is 24.3 Å². The third-order valence-electron chi connectivity index (χ3n) is 2.36. The molecule has 0 aliphatic carbocycles. The van der Waals surface area contributed by atoms with Crippen LogP contribution in [0.4, 0.5) is 4.39 Å². The molecule has 1 aromatic carbocycles. The van der Waals surface area contributed by atoms with Crippen LogP contribution in [0.3, 0.4) is 0 Å². The Bertz CT molecular complexity index is 355. The minimum Gasteiger partial charge on any atom is -0.393 e. The maximum Gasteiger partial charge on any atom is 0.127 e. The number of benzene rings is 1. The van der Waals surface area contributed by atoms with Gasteiger partial charge in [-0.2, -0.15) is 0 Å². The van der Waals surface area contributed by atoms with Crippen molar-refractivity contribution < 1.29 is 4.39 Å². The van der Waals surface area contributed by atoms with E-state index in [2.05, 4.69) is 4.90 Å². The van der Waals surface area contributed by atoms with Gasteiger partial charge in [0, 0.05) is 12.1 Å². The predicted octanol–water partition coefficient (Wildman–Crippen LogP) is 2.32. The average Bonchev–Trinajstić information content (AvgIpc) is 2.21. The van der Waals surface area contributed by atoms with Crippen molar-refractivity contribution in [1.82, 2.24) is 4.90 Å². The molecular weight excluding hydrogens is 223 g/mol. The molecule has 0 radical (unpaired) electrons. The molecule has 4 heteroatoms. The summed E-state index contributed by atoms with van der Waals surface area (Å²) in [5.74, 6) is -0.149. The van der Waals surface area contributed by atoms with E-state index in [4.69, 9.17) is 18.0 Å². The minimum atomic E-state index is -0.149. The van der Waals surface area contributed by atoms with Gasteiger partial charge in [0.1, 0.15) is 5.82 Å². The summed E-state index contributed by atoms with van der Waals surface area (Å²) in [6.45, 7) is 1.48. The fourth-order valence-electron chi connectivity index (χ4n) is 1.52. The van der Waals surface area contributed by atoms with Gasteiger partial charge >= 0.3 is 0 Å². The van der Waals surface area contributed by atoms with E-state index in [0.717, 1.165) is 24.9 Å². The van der Waals surface area contributed by atoms with Crippen molar-refractivity contribution in [3.05, 3.63) is 35.6 Å². The number of hydrogen-bond donors (Lipinski definition) is 1. The smallest absolute Gasteiger partial charge is 0.127 e. The maximum atomic E-state index is 13.3. The predicted molar refractivity (Wildman–Crippen MR) is 68.8 cm³/mol. The Morgan fingerprint density at radius 3 is 2.75 bits per heavy atom. The van der Waals surface area contributed by atoms with Crippen molar-refractivity contribution >= 4 is 17.2 Å². The Morgan fingerprint density at radius 2 is 2.12 bits per heavy atom. The van der Waals surface area contributed by atoms with Crippen LogP contribution in [-0.4, -0.2) is 23.5 Å². The van der Waals surface area contributed by atoms with Gasteiger partial charge in [-0.05, 0) is 32.5 Å². The lowest BCUT2D eigenvalue weighted by molar-refractivity contribution is 0.319. The Kier molecular flexibility index (Phi) is 5.35. The van der Waals surface area contributed by atoms with Gasteiger partial charge in [0.15, 0.2) is 0 Å². The molecule has 0 fully saturated rings. The SMILES string of the molecule is CN(CCCC(N)=S)Cc1ccccc1F. The molecule has 0 saturated carbocycles. The lowest BCUT2D eigenvalue weighted by Gasteiger charge is -2.16. The van der Waals surface area contributed by atoms with E-state index < -0.39 is 0 Å². The van der Waals surface area contributed by atoms with Crippen LogP contribution in [0, 0.1) is 5.82 Å². The van der Waals surface area contributed by atoms with E-state index in [0.29, 0.717) is 11.5 Å². The van der Waals surface area contributed by atoms with Gasteiger partial charge in [-0.3, -0.25) is 0 Å². The molecule has 0 aliphatic heterocycles. The van der Waals surface area contributed by atoms with Crippen LogP contribution in [0.2, 0.25) is 0 Å². The van der Waals surface area contributed by atoms with E-state index in [1.807, 2.05) is 13.1 Å². The van der Waals surface area contributed by atoms with Gasteiger partial charge in [0.05, 0.1) is 4.99 Å². The molecule has 0 saturated heterocycles. The summed E-state index contributed by atoms with van der Waals surface area (Å²) in [5.41, 5.74) is 6.13. The lowest BCUT2D eigenvalue weighted by atomic mass is 10.2. The van der Waals surface area contributed by atoms with E-state index in [1.165, 1.54) is 6.07 Å². The molecule has 0 bridgehead atoms. The second kappa shape index (κ2) is 6.55. The number of rotatable bonds is 6. The van der Waals surface area contributed by atoms with Crippen LogP contribution in [0.1, 0.15) is 18.4 Å². The summed E-state index contributed by atoms with van der Waals surface area (Å²) in [6, 6.07) is 6.84. The van der Waals surface area contributed by atoms with Gasteiger partial charge < -0.3 is 10.6 Å². The highest BCUT2D eigenvalue weighted by molar-refractivity contribution is 7.80. The number of thiocarbonyl (C=S) groups is 1. The molecule has 0 aromatic heterocycles. The van der Waals surface area contributed by atoms with Crippen molar-refractivity contribution in [2.75, 3.05) is 13.6 Å². The first kappa shape index (κ1) is 13.1. The zero-order valence-corrected chi connectivity index (χ0v) is 10.3. The Morgan fingerprint density at radius 1 is 1.44 bits per heavy atom. The van der Waals surface area contributed by atoms with Gasteiger partial charge in [-0.15, -0.1) is 0 Å². The molecule has 0 amide bonds. The molecule has 0 atom stereocenters. The molecule has 2 nitrogen and oxygen atoms in total. The van der Waals surface area contributed by atoms with Gasteiger partial charge in [-0.1, -0.05) is 30.4 Å². The Labute approximate surface area is 101 Å². The van der Waals surface area contributed by atoms with Crippen molar-refractivity contribution in [1.29, 1.82) is 0 Å². The summed E-state index contributed by atoms with van der Waals surface area (Å²) in [7, 11) is 1.96. The molecule has 2 N–H and O–H groups in total. The van der Waals surface area contributed by atoms with E-state index in [1.54, 1.807) is 12.1 Å². The molecule has 88 valence electrons. The molecule has 0 aliphatic rings. The molecule has 0 spiro atoms. The third kappa shape index (κ3) is 4.68. The fourth-order valence-corrected chi connectivity index (χ4v) is 1.66. The fraction of sp³-hybridized carbons (Fsp3) is 0.417. The van der Waals surface area contributed by atoms with Crippen molar-refractivity contribution in [2.45, 2.75) is 19.4 Å². The zero-order chi connectivity index (χ0) is 12.0. The Hall–Kier alpha value is -1.00. The van der Waals surface area contributed by atoms with Gasteiger partial charge in [0.25, 0.3) is 0 Å².